The Kier molecular flexibility index (Phi) is 3.51. The molecule has 0 bridgehead atoms. The van der Waals surface area contributed by atoms with Gasteiger partial charge < -0.3 is 10.3 Å². The van der Waals surface area contributed by atoms with Crippen LogP contribution in [0.1, 0.15) is 15.9 Å². The van der Waals surface area contributed by atoms with Crippen molar-refractivity contribution in [2.75, 3.05) is 0 Å². The molecule has 0 radical (unpaired) electrons. The van der Waals surface area contributed by atoms with Crippen molar-refractivity contribution in [2.45, 2.75) is 6.54 Å². The van der Waals surface area contributed by atoms with Gasteiger partial charge in [0, 0.05) is 30.7 Å². The van der Waals surface area contributed by atoms with Gasteiger partial charge in [-0.15, -0.1) is 0 Å². The Bertz CT molecular complexity index is 972. The first-order chi connectivity index (χ1) is 11.8. The van der Waals surface area contributed by atoms with Crippen LogP contribution in [0.15, 0.2) is 61.3 Å². The summed E-state index contributed by atoms with van der Waals surface area (Å²) in [5.74, 6) is 0.599. The van der Waals surface area contributed by atoms with Crippen molar-refractivity contribution < 1.29 is 4.79 Å². The number of imidazole rings is 1. The van der Waals surface area contributed by atoms with Crippen molar-refractivity contribution in [1.29, 1.82) is 0 Å². The number of nitrogens with one attached hydrogen (secondary N) is 2. The zero-order valence-electron chi connectivity index (χ0n) is 12.7. The van der Waals surface area contributed by atoms with Crippen molar-refractivity contribution >= 4 is 16.9 Å². The molecule has 7 heteroatoms. The first-order valence-electron chi connectivity index (χ1n) is 7.46. The van der Waals surface area contributed by atoms with Crippen molar-refractivity contribution in [3.8, 4) is 5.82 Å². The molecule has 0 unspecified atom stereocenters. The molecule has 7 nitrogen and oxygen atoms in total. The number of H-pyrrole nitrogens is 1. The monoisotopic (exact) mass is 318 g/mol. The zero-order chi connectivity index (χ0) is 16.4. The summed E-state index contributed by atoms with van der Waals surface area (Å²) in [5.41, 5.74) is 3.19. The molecule has 4 rings (SSSR count). The van der Waals surface area contributed by atoms with Gasteiger partial charge in [0.1, 0.15) is 0 Å². The van der Waals surface area contributed by atoms with E-state index in [1.807, 2.05) is 30.5 Å². The van der Waals surface area contributed by atoms with Crippen LogP contribution >= 0.6 is 0 Å². The van der Waals surface area contributed by atoms with Crippen LogP contribution in [0.3, 0.4) is 0 Å². The molecule has 0 saturated carbocycles. The Balaban J connectivity index is 1.43. The van der Waals surface area contributed by atoms with Crippen LogP contribution in [-0.2, 0) is 6.54 Å². The smallest absolute Gasteiger partial charge is 0.251 e. The second kappa shape index (κ2) is 5.96. The van der Waals surface area contributed by atoms with E-state index in [4.69, 9.17) is 0 Å². The van der Waals surface area contributed by atoms with Crippen molar-refractivity contribution in [1.82, 2.24) is 30.0 Å². The number of amides is 1. The summed E-state index contributed by atoms with van der Waals surface area (Å²) >= 11 is 0. The maximum Gasteiger partial charge on any atom is 0.251 e. The molecule has 0 atom stereocenters. The molecular formula is C17H14N6O. The van der Waals surface area contributed by atoms with E-state index in [9.17, 15) is 4.79 Å². The molecule has 4 aromatic rings. The van der Waals surface area contributed by atoms with E-state index in [0.29, 0.717) is 12.1 Å². The molecule has 1 amide bonds. The minimum absolute atomic E-state index is 0.136. The summed E-state index contributed by atoms with van der Waals surface area (Å²) in [6.45, 7) is 0.409. The highest BCUT2D eigenvalue weighted by atomic mass is 16.1. The average Bonchev–Trinajstić information content (AvgIpc) is 3.30. The summed E-state index contributed by atoms with van der Waals surface area (Å²) in [6, 6.07) is 11.0. The number of rotatable bonds is 4. The van der Waals surface area contributed by atoms with Crippen molar-refractivity contribution in [3.05, 3.63) is 72.4 Å². The van der Waals surface area contributed by atoms with Gasteiger partial charge >= 0.3 is 0 Å². The van der Waals surface area contributed by atoms with Crippen LogP contribution < -0.4 is 5.32 Å². The summed E-state index contributed by atoms with van der Waals surface area (Å²) in [4.78, 5) is 23.7. The second-order valence-electron chi connectivity index (χ2n) is 5.29. The Morgan fingerprint density at radius 1 is 1.21 bits per heavy atom. The molecule has 0 saturated heterocycles. The summed E-state index contributed by atoms with van der Waals surface area (Å²) in [7, 11) is 0. The highest BCUT2D eigenvalue weighted by Crippen LogP contribution is 2.12. The van der Waals surface area contributed by atoms with E-state index in [1.54, 1.807) is 35.5 Å². The van der Waals surface area contributed by atoms with Crippen molar-refractivity contribution in [3.63, 3.8) is 0 Å². The van der Waals surface area contributed by atoms with E-state index in [0.717, 1.165) is 22.4 Å². The molecule has 0 aliphatic rings. The van der Waals surface area contributed by atoms with Gasteiger partial charge in [0.05, 0.1) is 17.4 Å². The molecule has 24 heavy (non-hydrogen) atoms. The van der Waals surface area contributed by atoms with Crippen LogP contribution in [0.5, 0.6) is 0 Å². The Labute approximate surface area is 137 Å². The number of carbonyl (C=O) groups is 1. The third-order valence-corrected chi connectivity index (χ3v) is 3.68. The SMILES string of the molecule is O=C(NCc1ccc(-n2cccn2)nc1)c1ccc2nc[nH]c2c1. The van der Waals surface area contributed by atoms with Gasteiger partial charge in [-0.1, -0.05) is 6.07 Å². The Hall–Kier alpha value is -3.48. The minimum Gasteiger partial charge on any atom is -0.348 e. The molecule has 0 fully saturated rings. The average molecular weight is 318 g/mol. The number of nitrogens with zero attached hydrogens (tertiary/aromatic N) is 4. The predicted octanol–water partition coefficient (Wildman–Crippen LogP) is 2.07. The summed E-state index contributed by atoms with van der Waals surface area (Å²) < 4.78 is 1.68. The lowest BCUT2D eigenvalue weighted by Gasteiger charge is -2.06. The van der Waals surface area contributed by atoms with Crippen LogP contribution in [0.2, 0.25) is 0 Å². The highest BCUT2D eigenvalue weighted by molar-refractivity contribution is 5.97. The third kappa shape index (κ3) is 2.74. The van der Waals surface area contributed by atoms with E-state index < -0.39 is 0 Å². The quantitative estimate of drug-likeness (QED) is 0.603. The predicted molar refractivity (Wildman–Crippen MR) is 88.6 cm³/mol. The first kappa shape index (κ1) is 14.1. The zero-order valence-corrected chi connectivity index (χ0v) is 12.7. The van der Waals surface area contributed by atoms with Crippen LogP contribution in [0.4, 0.5) is 0 Å². The normalized spacial score (nSPS) is 10.8. The third-order valence-electron chi connectivity index (χ3n) is 3.68. The number of benzene rings is 1. The van der Waals surface area contributed by atoms with Gasteiger partial charge in [-0.2, -0.15) is 5.10 Å². The molecule has 0 aliphatic carbocycles. The van der Waals surface area contributed by atoms with Gasteiger partial charge in [-0.3, -0.25) is 4.79 Å². The van der Waals surface area contributed by atoms with E-state index >= 15 is 0 Å². The van der Waals surface area contributed by atoms with Crippen LogP contribution in [0, 0.1) is 0 Å². The molecule has 3 aromatic heterocycles. The molecule has 0 aliphatic heterocycles. The molecule has 2 N–H and O–H groups in total. The Morgan fingerprint density at radius 3 is 2.96 bits per heavy atom. The lowest BCUT2D eigenvalue weighted by molar-refractivity contribution is 0.0951. The van der Waals surface area contributed by atoms with Gasteiger partial charge in [0.25, 0.3) is 5.91 Å². The van der Waals surface area contributed by atoms with E-state index in [-0.39, 0.29) is 5.91 Å². The summed E-state index contributed by atoms with van der Waals surface area (Å²) in [5, 5.41) is 7.02. The fourth-order valence-electron chi connectivity index (χ4n) is 2.42. The summed E-state index contributed by atoms with van der Waals surface area (Å²) in [6.07, 6.45) is 6.87. The molecule has 3 heterocycles. The van der Waals surface area contributed by atoms with Gasteiger partial charge in [0.2, 0.25) is 0 Å². The molecule has 118 valence electrons. The van der Waals surface area contributed by atoms with Gasteiger partial charge in [-0.25, -0.2) is 14.6 Å². The Morgan fingerprint density at radius 2 is 2.17 bits per heavy atom. The van der Waals surface area contributed by atoms with Gasteiger partial charge in [-0.05, 0) is 35.9 Å². The van der Waals surface area contributed by atoms with Gasteiger partial charge in [0.15, 0.2) is 5.82 Å². The molecule has 0 spiro atoms. The largest absolute Gasteiger partial charge is 0.348 e. The highest BCUT2D eigenvalue weighted by Gasteiger charge is 2.07. The maximum absolute atomic E-state index is 12.3. The van der Waals surface area contributed by atoms with E-state index in [2.05, 4.69) is 25.4 Å². The van der Waals surface area contributed by atoms with Crippen LogP contribution in [0.25, 0.3) is 16.9 Å². The second-order valence-corrected chi connectivity index (χ2v) is 5.29. The maximum atomic E-state index is 12.3. The fourth-order valence-corrected chi connectivity index (χ4v) is 2.42. The lowest BCUT2D eigenvalue weighted by Crippen LogP contribution is -2.22. The molecule has 1 aromatic carbocycles. The lowest BCUT2D eigenvalue weighted by atomic mass is 10.2. The van der Waals surface area contributed by atoms with Crippen molar-refractivity contribution in [2.24, 2.45) is 0 Å². The number of hydrogen-bond donors (Lipinski definition) is 2. The molecular weight excluding hydrogens is 304 g/mol. The number of aromatic nitrogens is 5. The minimum atomic E-state index is -0.136. The number of aromatic amines is 1. The van der Waals surface area contributed by atoms with Crippen LogP contribution in [-0.4, -0.2) is 30.6 Å². The fraction of sp³-hybridized carbons (Fsp3) is 0.0588. The number of fused-ring (bicyclic) bond motifs is 1. The topological polar surface area (TPSA) is 88.5 Å². The van der Waals surface area contributed by atoms with E-state index in [1.165, 1.54) is 0 Å². The number of pyridine rings is 1. The standard InChI is InChI=1S/C17H14N6O/c24-17(13-3-4-14-15(8-13)21-11-20-14)19-10-12-2-5-16(18-9-12)23-7-1-6-22-23/h1-9,11H,10H2,(H,19,24)(H,20,21). The first-order valence-corrected chi connectivity index (χ1v) is 7.46. The number of hydrogen-bond acceptors (Lipinski definition) is 4. The number of carbonyl (C=O) groups excluding carboxylic acids is 1.